The molecule has 1 saturated heterocycles. The fourth-order valence-corrected chi connectivity index (χ4v) is 6.17. The van der Waals surface area contributed by atoms with E-state index in [4.69, 9.17) is 14.6 Å². The van der Waals surface area contributed by atoms with Crippen LogP contribution in [0.1, 0.15) is 29.2 Å². The van der Waals surface area contributed by atoms with Crippen LogP contribution in [-0.2, 0) is 27.8 Å². The summed E-state index contributed by atoms with van der Waals surface area (Å²) in [4.78, 5) is 28.2. The van der Waals surface area contributed by atoms with Gasteiger partial charge in [-0.2, -0.15) is 10.2 Å². The van der Waals surface area contributed by atoms with E-state index in [2.05, 4.69) is 21.4 Å². The van der Waals surface area contributed by atoms with Crippen LogP contribution in [0.4, 0.5) is 5.69 Å². The Balaban J connectivity index is 1.27. The second-order valence-corrected chi connectivity index (χ2v) is 11.2. The number of nitrogens with zero attached hydrogens (tertiary/aromatic N) is 5. The predicted molar refractivity (Wildman–Crippen MR) is 159 cm³/mol. The molecular weight excluding hydrogens is 532 g/mol. The summed E-state index contributed by atoms with van der Waals surface area (Å²) in [6.07, 6.45) is 4.47. The van der Waals surface area contributed by atoms with Crippen LogP contribution in [0.3, 0.4) is 0 Å². The number of benzene rings is 2. The van der Waals surface area contributed by atoms with Crippen LogP contribution in [0, 0.1) is 12.8 Å². The number of rotatable bonds is 10. The fourth-order valence-electron chi connectivity index (χ4n) is 6.17. The van der Waals surface area contributed by atoms with E-state index >= 15 is 0 Å². The van der Waals surface area contributed by atoms with Crippen molar-refractivity contribution in [1.82, 2.24) is 24.5 Å². The van der Waals surface area contributed by atoms with Crippen LogP contribution in [0.15, 0.2) is 60.9 Å². The number of hydrogen-bond donors (Lipinski definition) is 1. The molecule has 10 heteroatoms. The highest BCUT2D eigenvalue weighted by atomic mass is 16.5. The molecule has 218 valence electrons. The molecule has 0 spiro atoms. The van der Waals surface area contributed by atoms with E-state index < -0.39 is 0 Å². The standard InChI is InChI=1S/C32H36N6O4/c1-21-29(38(25-7-5-4-6-8-25)35-32(21)24-16-33-36(2)17-24)15-26(39)13-23-18-37(11-12-41-3)19-27(23)22-9-10-30-28(14-22)34-31(40)20-42-30/h4-10,14,16-17,23,27H,11-13,15,18-20H2,1-3H3,(H,34,40)/t23-,27+/m1/s1. The van der Waals surface area contributed by atoms with Gasteiger partial charge in [-0.1, -0.05) is 24.3 Å². The molecule has 1 amide bonds. The Hall–Kier alpha value is -4.28. The van der Waals surface area contributed by atoms with Gasteiger partial charge in [0, 0.05) is 64.3 Å². The van der Waals surface area contributed by atoms with Crippen molar-refractivity contribution < 1.29 is 19.1 Å². The van der Waals surface area contributed by atoms with E-state index in [9.17, 15) is 9.59 Å². The number of aromatic nitrogens is 4. The zero-order chi connectivity index (χ0) is 29.2. The Kier molecular flexibility index (Phi) is 7.90. The Morgan fingerprint density at radius 1 is 1.17 bits per heavy atom. The maximum absolute atomic E-state index is 13.8. The van der Waals surface area contributed by atoms with Crippen LogP contribution in [0.5, 0.6) is 5.75 Å². The van der Waals surface area contributed by atoms with Gasteiger partial charge >= 0.3 is 0 Å². The van der Waals surface area contributed by atoms with Crippen LogP contribution in [0.25, 0.3) is 16.9 Å². The van der Waals surface area contributed by atoms with Gasteiger partial charge in [-0.3, -0.25) is 14.3 Å². The molecule has 10 nitrogen and oxygen atoms in total. The van der Waals surface area contributed by atoms with Gasteiger partial charge in [-0.05, 0) is 48.2 Å². The van der Waals surface area contributed by atoms with Crippen molar-refractivity contribution in [1.29, 1.82) is 0 Å². The van der Waals surface area contributed by atoms with Gasteiger partial charge in [0.15, 0.2) is 6.61 Å². The fraction of sp³-hybridized carbons (Fsp3) is 0.375. The molecule has 0 radical (unpaired) electrons. The molecule has 0 aliphatic carbocycles. The molecule has 2 aliphatic rings. The summed E-state index contributed by atoms with van der Waals surface area (Å²) in [6.45, 7) is 5.12. The maximum atomic E-state index is 13.8. The number of ketones is 1. The molecule has 2 aromatic heterocycles. The number of amides is 1. The summed E-state index contributed by atoms with van der Waals surface area (Å²) >= 11 is 0. The number of ether oxygens (including phenoxy) is 2. The van der Waals surface area contributed by atoms with Gasteiger partial charge in [0.1, 0.15) is 11.5 Å². The average molecular weight is 569 g/mol. The lowest BCUT2D eigenvalue weighted by Crippen LogP contribution is -2.26. The van der Waals surface area contributed by atoms with Gasteiger partial charge in [0.2, 0.25) is 0 Å². The minimum absolute atomic E-state index is 0.0270. The number of Topliss-reactive ketones (excluding diaryl/α,β-unsaturated/α-hetero) is 1. The summed E-state index contributed by atoms with van der Waals surface area (Å²) in [5.41, 5.74) is 6.33. The molecule has 0 unspecified atom stereocenters. The lowest BCUT2D eigenvalue weighted by Gasteiger charge is -2.22. The third kappa shape index (κ3) is 5.73. The third-order valence-electron chi connectivity index (χ3n) is 8.27. The molecule has 0 bridgehead atoms. The van der Waals surface area contributed by atoms with E-state index in [1.165, 1.54) is 0 Å². The number of nitrogens with one attached hydrogen (secondary N) is 1. The van der Waals surface area contributed by atoms with Crippen molar-refractivity contribution in [2.75, 3.05) is 45.3 Å². The van der Waals surface area contributed by atoms with Gasteiger partial charge in [0.25, 0.3) is 5.91 Å². The molecule has 1 fully saturated rings. The topological polar surface area (TPSA) is 104 Å². The minimum Gasteiger partial charge on any atom is -0.482 e. The molecule has 2 aliphatic heterocycles. The second kappa shape index (κ2) is 11.9. The molecule has 6 rings (SSSR count). The van der Waals surface area contributed by atoms with Crippen LogP contribution >= 0.6 is 0 Å². The molecule has 2 atom stereocenters. The summed E-state index contributed by atoms with van der Waals surface area (Å²) in [6, 6.07) is 15.9. The maximum Gasteiger partial charge on any atom is 0.262 e. The average Bonchev–Trinajstić information content (AvgIpc) is 3.69. The molecule has 4 aromatic rings. The number of likely N-dealkylation sites (tertiary alicyclic amines) is 1. The molecule has 4 heterocycles. The number of hydrogen-bond acceptors (Lipinski definition) is 7. The number of anilines is 1. The number of fused-ring (bicyclic) bond motifs is 1. The predicted octanol–water partition coefficient (Wildman–Crippen LogP) is 3.78. The lowest BCUT2D eigenvalue weighted by atomic mass is 9.84. The Bertz CT molecular complexity index is 1590. The van der Waals surface area contributed by atoms with Crippen molar-refractivity contribution >= 4 is 17.4 Å². The lowest BCUT2D eigenvalue weighted by molar-refractivity contribution is -0.119. The summed E-state index contributed by atoms with van der Waals surface area (Å²) in [5.74, 6) is 0.954. The van der Waals surface area contributed by atoms with Crippen molar-refractivity contribution in [2.24, 2.45) is 13.0 Å². The first-order valence-electron chi connectivity index (χ1n) is 14.3. The SMILES string of the molecule is COCCN1C[C@@H](CC(=O)Cc2c(C)c(-c3cnn(C)c3)nn2-c2ccccc2)[C@H](c2ccc3c(c2)NC(=O)CO3)C1. The first-order chi connectivity index (χ1) is 20.4. The van der Waals surface area contributed by atoms with Gasteiger partial charge in [-0.15, -0.1) is 0 Å². The minimum atomic E-state index is -0.157. The van der Waals surface area contributed by atoms with E-state index in [0.29, 0.717) is 24.5 Å². The largest absolute Gasteiger partial charge is 0.482 e. The van der Waals surface area contributed by atoms with Gasteiger partial charge in [0.05, 0.1) is 35.6 Å². The van der Waals surface area contributed by atoms with Gasteiger partial charge in [-0.25, -0.2) is 4.68 Å². The first-order valence-corrected chi connectivity index (χ1v) is 14.3. The smallest absolute Gasteiger partial charge is 0.262 e. The van der Waals surface area contributed by atoms with Crippen molar-refractivity contribution in [3.05, 3.63) is 77.7 Å². The third-order valence-corrected chi connectivity index (χ3v) is 8.27. The molecule has 42 heavy (non-hydrogen) atoms. The summed E-state index contributed by atoms with van der Waals surface area (Å²) < 4.78 is 14.6. The van der Waals surface area contributed by atoms with Crippen molar-refractivity contribution in [3.63, 3.8) is 0 Å². The van der Waals surface area contributed by atoms with Crippen molar-refractivity contribution in [3.8, 4) is 22.7 Å². The molecule has 2 aromatic carbocycles. The molecule has 1 N–H and O–H groups in total. The summed E-state index contributed by atoms with van der Waals surface area (Å²) in [5, 5.41) is 12.2. The normalized spacial score (nSPS) is 18.5. The zero-order valence-electron chi connectivity index (χ0n) is 24.2. The van der Waals surface area contributed by atoms with E-state index in [0.717, 1.165) is 53.4 Å². The summed E-state index contributed by atoms with van der Waals surface area (Å²) in [7, 11) is 3.59. The highest BCUT2D eigenvalue weighted by Gasteiger charge is 2.36. The highest BCUT2D eigenvalue weighted by Crippen LogP contribution is 2.39. The second-order valence-electron chi connectivity index (χ2n) is 11.2. The Morgan fingerprint density at radius 2 is 2.00 bits per heavy atom. The monoisotopic (exact) mass is 568 g/mol. The van der Waals surface area contributed by atoms with Crippen LogP contribution in [0.2, 0.25) is 0 Å². The van der Waals surface area contributed by atoms with Crippen molar-refractivity contribution in [2.45, 2.75) is 25.7 Å². The zero-order valence-corrected chi connectivity index (χ0v) is 24.2. The van der Waals surface area contributed by atoms with E-state index in [1.807, 2.05) is 67.3 Å². The number of para-hydroxylation sites is 1. The number of carbonyl (C=O) groups is 2. The molecule has 0 saturated carbocycles. The number of methoxy groups -OCH3 is 1. The Labute approximate surface area is 245 Å². The quantitative estimate of drug-likeness (QED) is 0.311. The van der Waals surface area contributed by atoms with E-state index in [1.54, 1.807) is 18.0 Å². The van der Waals surface area contributed by atoms with Gasteiger partial charge < -0.3 is 19.7 Å². The van der Waals surface area contributed by atoms with Crippen LogP contribution < -0.4 is 10.1 Å². The number of carbonyl (C=O) groups excluding carboxylic acids is 2. The molecular formula is C32H36N6O4. The Morgan fingerprint density at radius 3 is 2.76 bits per heavy atom. The van der Waals surface area contributed by atoms with E-state index in [-0.39, 0.29) is 36.6 Å². The highest BCUT2D eigenvalue weighted by molar-refractivity contribution is 5.95. The first kappa shape index (κ1) is 27.9. The van der Waals surface area contributed by atoms with Crippen LogP contribution in [-0.4, -0.2) is 76.1 Å². The number of aryl methyl sites for hydroxylation is 1.